The maximum absolute atomic E-state index is 2.54. The SMILES string of the molecule is CN(C)c1ccc(CC2CCCN(c3ccccc3)C2)cc1. The van der Waals surface area contributed by atoms with Crippen LogP contribution in [0.4, 0.5) is 11.4 Å². The number of anilines is 2. The zero-order valence-corrected chi connectivity index (χ0v) is 13.7. The molecular weight excluding hydrogens is 268 g/mol. The highest BCUT2D eigenvalue weighted by atomic mass is 15.1. The minimum absolute atomic E-state index is 0.763. The summed E-state index contributed by atoms with van der Waals surface area (Å²) in [5.74, 6) is 0.763. The summed E-state index contributed by atoms with van der Waals surface area (Å²) in [6, 6.07) is 19.9. The third-order valence-electron chi connectivity index (χ3n) is 4.62. The molecule has 2 nitrogen and oxygen atoms in total. The fourth-order valence-electron chi connectivity index (χ4n) is 3.37. The van der Waals surface area contributed by atoms with Gasteiger partial charge >= 0.3 is 0 Å². The first-order valence-corrected chi connectivity index (χ1v) is 8.28. The molecule has 1 heterocycles. The molecule has 1 fully saturated rings. The molecule has 0 radical (unpaired) electrons. The van der Waals surface area contributed by atoms with E-state index in [0.29, 0.717) is 0 Å². The Bertz CT molecular complexity index is 574. The Morgan fingerprint density at radius 3 is 2.41 bits per heavy atom. The summed E-state index contributed by atoms with van der Waals surface area (Å²) in [6.45, 7) is 2.37. The number of benzene rings is 2. The molecule has 2 aromatic rings. The Morgan fingerprint density at radius 1 is 1.00 bits per heavy atom. The molecule has 1 aliphatic rings. The monoisotopic (exact) mass is 294 g/mol. The van der Waals surface area contributed by atoms with Gasteiger partial charge in [0.15, 0.2) is 0 Å². The molecule has 0 bridgehead atoms. The second-order valence-corrected chi connectivity index (χ2v) is 6.55. The van der Waals surface area contributed by atoms with E-state index in [-0.39, 0.29) is 0 Å². The fraction of sp³-hybridized carbons (Fsp3) is 0.400. The molecule has 1 unspecified atom stereocenters. The van der Waals surface area contributed by atoms with Crippen LogP contribution < -0.4 is 9.80 Å². The minimum Gasteiger partial charge on any atom is -0.378 e. The highest BCUT2D eigenvalue weighted by Crippen LogP contribution is 2.26. The van der Waals surface area contributed by atoms with Crippen LogP contribution in [0.1, 0.15) is 18.4 Å². The summed E-state index contributed by atoms with van der Waals surface area (Å²) in [6.07, 6.45) is 3.84. The summed E-state index contributed by atoms with van der Waals surface area (Å²) in [4.78, 5) is 4.70. The molecule has 116 valence electrons. The lowest BCUT2D eigenvalue weighted by molar-refractivity contribution is 0.413. The van der Waals surface area contributed by atoms with Crippen LogP contribution in [-0.2, 0) is 6.42 Å². The Balaban J connectivity index is 1.63. The predicted molar refractivity (Wildman–Crippen MR) is 95.9 cm³/mol. The van der Waals surface area contributed by atoms with Crippen molar-refractivity contribution in [2.45, 2.75) is 19.3 Å². The van der Waals surface area contributed by atoms with Crippen molar-refractivity contribution in [2.75, 3.05) is 37.0 Å². The quantitative estimate of drug-likeness (QED) is 0.833. The van der Waals surface area contributed by atoms with E-state index in [0.717, 1.165) is 5.92 Å². The van der Waals surface area contributed by atoms with E-state index in [2.05, 4.69) is 78.5 Å². The standard InChI is InChI=1S/C20H26N2/c1-21(2)19-12-10-17(11-13-19)15-18-7-6-14-22(16-18)20-8-4-3-5-9-20/h3-5,8-13,18H,6-7,14-16H2,1-2H3. The van der Waals surface area contributed by atoms with Crippen LogP contribution in [0.3, 0.4) is 0 Å². The van der Waals surface area contributed by atoms with E-state index >= 15 is 0 Å². The van der Waals surface area contributed by atoms with Crippen LogP contribution in [0.2, 0.25) is 0 Å². The first-order chi connectivity index (χ1) is 10.7. The van der Waals surface area contributed by atoms with Gasteiger partial charge in [0, 0.05) is 38.6 Å². The van der Waals surface area contributed by atoms with E-state index in [9.17, 15) is 0 Å². The Labute approximate surface area is 134 Å². The van der Waals surface area contributed by atoms with E-state index in [4.69, 9.17) is 0 Å². The zero-order chi connectivity index (χ0) is 15.4. The van der Waals surface area contributed by atoms with Gasteiger partial charge in [0.25, 0.3) is 0 Å². The lowest BCUT2D eigenvalue weighted by Gasteiger charge is -2.34. The van der Waals surface area contributed by atoms with Crippen molar-refractivity contribution >= 4 is 11.4 Å². The Kier molecular flexibility index (Phi) is 4.67. The summed E-state index contributed by atoms with van der Waals surface area (Å²) >= 11 is 0. The van der Waals surface area contributed by atoms with Gasteiger partial charge in [0.2, 0.25) is 0 Å². The third kappa shape index (κ3) is 3.62. The second kappa shape index (κ2) is 6.87. The van der Waals surface area contributed by atoms with Crippen molar-refractivity contribution in [3.05, 3.63) is 60.2 Å². The number of hydrogen-bond acceptors (Lipinski definition) is 2. The van der Waals surface area contributed by atoms with Gasteiger partial charge in [0.05, 0.1) is 0 Å². The van der Waals surface area contributed by atoms with Crippen molar-refractivity contribution in [3.8, 4) is 0 Å². The molecule has 0 aliphatic carbocycles. The minimum atomic E-state index is 0.763. The first-order valence-electron chi connectivity index (χ1n) is 8.28. The molecule has 22 heavy (non-hydrogen) atoms. The van der Waals surface area contributed by atoms with Crippen molar-refractivity contribution in [2.24, 2.45) is 5.92 Å². The van der Waals surface area contributed by atoms with Crippen LogP contribution in [0.5, 0.6) is 0 Å². The number of rotatable bonds is 4. The van der Waals surface area contributed by atoms with Crippen LogP contribution in [0.15, 0.2) is 54.6 Å². The molecule has 1 saturated heterocycles. The van der Waals surface area contributed by atoms with Gasteiger partial charge in [-0.05, 0) is 55.0 Å². The highest BCUT2D eigenvalue weighted by Gasteiger charge is 2.20. The van der Waals surface area contributed by atoms with E-state index in [1.165, 1.54) is 49.3 Å². The fourth-order valence-corrected chi connectivity index (χ4v) is 3.37. The summed E-state index contributed by atoms with van der Waals surface area (Å²) in [5.41, 5.74) is 4.11. The van der Waals surface area contributed by atoms with Gasteiger partial charge in [-0.2, -0.15) is 0 Å². The molecule has 2 heteroatoms. The summed E-state index contributed by atoms with van der Waals surface area (Å²) in [7, 11) is 4.18. The predicted octanol–water partition coefficient (Wildman–Crippen LogP) is 4.21. The Hall–Kier alpha value is -1.96. The molecule has 2 aromatic carbocycles. The molecule has 0 amide bonds. The molecule has 1 aliphatic heterocycles. The molecule has 0 aromatic heterocycles. The number of piperidine rings is 1. The van der Waals surface area contributed by atoms with Crippen LogP contribution >= 0.6 is 0 Å². The molecule has 0 spiro atoms. The van der Waals surface area contributed by atoms with Gasteiger partial charge in [-0.1, -0.05) is 30.3 Å². The maximum atomic E-state index is 2.54. The average Bonchev–Trinajstić information content (AvgIpc) is 2.56. The number of nitrogens with zero attached hydrogens (tertiary/aromatic N) is 2. The van der Waals surface area contributed by atoms with E-state index in [1.807, 2.05) is 0 Å². The smallest absolute Gasteiger partial charge is 0.0366 e. The molecule has 1 atom stereocenters. The van der Waals surface area contributed by atoms with E-state index in [1.54, 1.807) is 0 Å². The number of para-hydroxylation sites is 1. The van der Waals surface area contributed by atoms with Crippen molar-refractivity contribution in [1.82, 2.24) is 0 Å². The van der Waals surface area contributed by atoms with Crippen molar-refractivity contribution in [1.29, 1.82) is 0 Å². The lowest BCUT2D eigenvalue weighted by atomic mass is 9.91. The normalized spacial score (nSPS) is 18.3. The Morgan fingerprint density at radius 2 is 1.73 bits per heavy atom. The summed E-state index contributed by atoms with van der Waals surface area (Å²) < 4.78 is 0. The molecule has 3 rings (SSSR count). The highest BCUT2D eigenvalue weighted by molar-refractivity contribution is 5.47. The maximum Gasteiger partial charge on any atom is 0.0366 e. The molecule has 0 saturated carbocycles. The lowest BCUT2D eigenvalue weighted by Crippen LogP contribution is -2.36. The topological polar surface area (TPSA) is 6.48 Å². The van der Waals surface area contributed by atoms with Gasteiger partial charge in [-0.3, -0.25) is 0 Å². The van der Waals surface area contributed by atoms with Gasteiger partial charge in [0.1, 0.15) is 0 Å². The van der Waals surface area contributed by atoms with Gasteiger partial charge in [-0.25, -0.2) is 0 Å². The second-order valence-electron chi connectivity index (χ2n) is 6.55. The molecule has 0 N–H and O–H groups in total. The van der Waals surface area contributed by atoms with Crippen LogP contribution in [-0.4, -0.2) is 27.2 Å². The summed E-state index contributed by atoms with van der Waals surface area (Å²) in [5, 5.41) is 0. The average molecular weight is 294 g/mol. The van der Waals surface area contributed by atoms with Crippen LogP contribution in [0.25, 0.3) is 0 Å². The molecular formula is C20H26N2. The van der Waals surface area contributed by atoms with Gasteiger partial charge < -0.3 is 9.80 Å². The first kappa shape index (κ1) is 15.0. The van der Waals surface area contributed by atoms with Gasteiger partial charge in [-0.15, -0.1) is 0 Å². The van der Waals surface area contributed by atoms with Crippen molar-refractivity contribution < 1.29 is 0 Å². The van der Waals surface area contributed by atoms with Crippen molar-refractivity contribution in [3.63, 3.8) is 0 Å². The third-order valence-corrected chi connectivity index (χ3v) is 4.62. The largest absolute Gasteiger partial charge is 0.378 e. The van der Waals surface area contributed by atoms with E-state index < -0.39 is 0 Å². The van der Waals surface area contributed by atoms with Crippen LogP contribution in [0, 0.1) is 5.92 Å². The zero-order valence-electron chi connectivity index (χ0n) is 13.7. The number of hydrogen-bond donors (Lipinski definition) is 0.